The number of hydrogen-bond donors (Lipinski definition) is 0. The van der Waals surface area contributed by atoms with Gasteiger partial charge in [-0.1, -0.05) is 13.0 Å². The summed E-state index contributed by atoms with van der Waals surface area (Å²) in [7, 11) is 3.20. The highest BCUT2D eigenvalue weighted by Crippen LogP contribution is 2.27. The van der Waals surface area contributed by atoms with Crippen molar-refractivity contribution in [1.29, 1.82) is 0 Å². The van der Waals surface area contributed by atoms with Crippen molar-refractivity contribution in [2.45, 2.75) is 46.6 Å². The van der Waals surface area contributed by atoms with Crippen LogP contribution in [0.3, 0.4) is 0 Å². The number of rotatable bonds is 15. The van der Waals surface area contributed by atoms with Crippen LogP contribution in [0, 0.1) is 6.92 Å². The second-order valence-corrected chi connectivity index (χ2v) is 7.99. The van der Waals surface area contributed by atoms with Crippen molar-refractivity contribution in [3.8, 4) is 11.5 Å². The van der Waals surface area contributed by atoms with Gasteiger partial charge in [-0.05, 0) is 56.5 Å². The zero-order chi connectivity index (χ0) is 24.9. The van der Waals surface area contributed by atoms with E-state index in [1.54, 1.807) is 24.0 Å². The summed E-state index contributed by atoms with van der Waals surface area (Å²) in [4.78, 5) is 29.2. The molecule has 188 valence electrons. The van der Waals surface area contributed by atoms with Crippen molar-refractivity contribution in [1.82, 2.24) is 9.80 Å². The Kier molecular flexibility index (Phi) is 11.5. The van der Waals surface area contributed by atoms with Crippen LogP contribution in [-0.2, 0) is 27.3 Å². The van der Waals surface area contributed by atoms with Crippen LogP contribution in [0.5, 0.6) is 11.5 Å². The van der Waals surface area contributed by atoms with Gasteiger partial charge in [0.1, 0.15) is 11.5 Å². The van der Waals surface area contributed by atoms with Crippen molar-refractivity contribution in [2.24, 2.45) is 0 Å². The predicted molar refractivity (Wildman–Crippen MR) is 130 cm³/mol. The number of ether oxygens (including phenoxy) is 3. The van der Waals surface area contributed by atoms with Crippen LogP contribution in [0.15, 0.2) is 34.7 Å². The lowest BCUT2D eigenvalue weighted by Gasteiger charge is -2.27. The van der Waals surface area contributed by atoms with Gasteiger partial charge in [0.05, 0.1) is 27.3 Å². The van der Waals surface area contributed by atoms with E-state index < -0.39 is 0 Å². The van der Waals surface area contributed by atoms with Crippen molar-refractivity contribution in [2.75, 3.05) is 47.1 Å². The van der Waals surface area contributed by atoms with Crippen LogP contribution < -0.4 is 9.47 Å². The van der Waals surface area contributed by atoms with Gasteiger partial charge in [-0.3, -0.25) is 9.59 Å². The first-order chi connectivity index (χ1) is 16.4. The Morgan fingerprint density at radius 3 is 2.32 bits per heavy atom. The summed E-state index contributed by atoms with van der Waals surface area (Å²) < 4.78 is 21.8. The molecule has 0 atom stereocenters. The van der Waals surface area contributed by atoms with Crippen LogP contribution >= 0.6 is 0 Å². The van der Waals surface area contributed by atoms with Crippen LogP contribution in [0.25, 0.3) is 0 Å². The highest BCUT2D eigenvalue weighted by atomic mass is 16.5. The van der Waals surface area contributed by atoms with Gasteiger partial charge in [-0.2, -0.15) is 0 Å². The topological polar surface area (TPSA) is 81.5 Å². The molecule has 0 radical (unpaired) electrons. The molecule has 8 heteroatoms. The molecule has 0 unspecified atom stereocenters. The lowest BCUT2D eigenvalue weighted by atomic mass is 10.1. The van der Waals surface area contributed by atoms with E-state index in [2.05, 4.69) is 0 Å². The number of carbonyl (C=O) groups is 2. The molecule has 2 rings (SSSR count). The number of methoxy groups -OCH3 is 2. The minimum absolute atomic E-state index is 0.0322. The molecular formula is C26H38N2O6. The molecule has 0 saturated carbocycles. The fourth-order valence-corrected chi connectivity index (χ4v) is 3.63. The van der Waals surface area contributed by atoms with Crippen LogP contribution in [0.4, 0.5) is 0 Å². The van der Waals surface area contributed by atoms with Gasteiger partial charge in [0, 0.05) is 32.7 Å². The minimum atomic E-state index is -0.118. The SMILES string of the molecule is CCOCCCN(CC(=O)N(CCc1ccc(OC)c(OC)c1)Cc1ccc(C)o1)C(=O)CC. The maximum absolute atomic E-state index is 13.3. The van der Waals surface area contributed by atoms with Gasteiger partial charge in [0.25, 0.3) is 0 Å². The van der Waals surface area contributed by atoms with Crippen molar-refractivity contribution < 1.29 is 28.2 Å². The van der Waals surface area contributed by atoms with E-state index in [0.29, 0.717) is 69.4 Å². The highest BCUT2D eigenvalue weighted by Gasteiger charge is 2.21. The lowest BCUT2D eigenvalue weighted by Crippen LogP contribution is -2.43. The zero-order valence-corrected chi connectivity index (χ0v) is 21.1. The Morgan fingerprint density at radius 1 is 0.941 bits per heavy atom. The molecule has 0 spiro atoms. The summed E-state index contributed by atoms with van der Waals surface area (Å²) in [5.74, 6) is 2.65. The Morgan fingerprint density at radius 2 is 1.71 bits per heavy atom. The van der Waals surface area contributed by atoms with Crippen LogP contribution in [-0.4, -0.2) is 68.7 Å². The summed E-state index contributed by atoms with van der Waals surface area (Å²) in [5, 5.41) is 0. The molecule has 0 aliphatic heterocycles. The summed E-state index contributed by atoms with van der Waals surface area (Å²) in [6.45, 7) is 8.15. The third kappa shape index (κ3) is 8.41. The second kappa shape index (κ2) is 14.3. The second-order valence-electron chi connectivity index (χ2n) is 7.99. The van der Waals surface area contributed by atoms with E-state index in [1.165, 1.54) is 0 Å². The molecule has 0 fully saturated rings. The standard InChI is InChI=1S/C26H38N2O6/c1-6-25(29)27(14-8-16-33-7-2)19-26(30)28(18-22-11-9-20(3)34-22)15-13-21-10-12-23(31-4)24(17-21)32-5/h9-12,17H,6-8,13-16,18-19H2,1-5H3. The quantitative estimate of drug-likeness (QED) is 0.365. The number of nitrogens with zero attached hydrogens (tertiary/aromatic N) is 2. The average molecular weight is 475 g/mol. The summed E-state index contributed by atoms with van der Waals surface area (Å²) in [6.07, 6.45) is 1.67. The molecule has 34 heavy (non-hydrogen) atoms. The van der Waals surface area contributed by atoms with Gasteiger partial charge < -0.3 is 28.4 Å². The molecular weight excluding hydrogens is 436 g/mol. The minimum Gasteiger partial charge on any atom is -0.493 e. The summed E-state index contributed by atoms with van der Waals surface area (Å²) in [6, 6.07) is 9.49. The lowest BCUT2D eigenvalue weighted by molar-refractivity contribution is -0.141. The normalized spacial score (nSPS) is 10.7. The fraction of sp³-hybridized carbons (Fsp3) is 0.538. The monoisotopic (exact) mass is 474 g/mol. The van der Waals surface area contributed by atoms with E-state index in [4.69, 9.17) is 18.6 Å². The number of hydrogen-bond acceptors (Lipinski definition) is 6. The Bertz CT molecular complexity index is 910. The molecule has 0 N–H and O–H groups in total. The molecule has 1 aromatic carbocycles. The molecule has 0 aliphatic rings. The van der Waals surface area contributed by atoms with Crippen molar-refractivity contribution in [3.63, 3.8) is 0 Å². The molecule has 8 nitrogen and oxygen atoms in total. The van der Waals surface area contributed by atoms with Gasteiger partial charge in [0.15, 0.2) is 11.5 Å². The van der Waals surface area contributed by atoms with E-state index in [0.717, 1.165) is 11.3 Å². The Balaban J connectivity index is 2.13. The molecule has 2 aromatic rings. The molecule has 2 amide bonds. The largest absolute Gasteiger partial charge is 0.493 e. The van der Waals surface area contributed by atoms with Crippen LogP contribution in [0.2, 0.25) is 0 Å². The predicted octanol–water partition coefficient (Wildman–Crippen LogP) is 3.84. The number of furan rings is 1. The van der Waals surface area contributed by atoms with E-state index in [1.807, 2.05) is 51.1 Å². The van der Waals surface area contributed by atoms with Gasteiger partial charge in [-0.15, -0.1) is 0 Å². The van der Waals surface area contributed by atoms with E-state index >= 15 is 0 Å². The third-order valence-electron chi connectivity index (χ3n) is 5.52. The van der Waals surface area contributed by atoms with Crippen molar-refractivity contribution >= 4 is 11.8 Å². The Hall–Kier alpha value is -3.00. The number of carbonyl (C=O) groups excluding carboxylic acids is 2. The zero-order valence-electron chi connectivity index (χ0n) is 21.1. The summed E-state index contributed by atoms with van der Waals surface area (Å²) in [5.41, 5.74) is 1.02. The first-order valence-corrected chi connectivity index (χ1v) is 11.8. The highest BCUT2D eigenvalue weighted by molar-refractivity contribution is 5.84. The van der Waals surface area contributed by atoms with Gasteiger partial charge in [0.2, 0.25) is 11.8 Å². The molecule has 0 saturated heterocycles. The maximum Gasteiger partial charge on any atom is 0.242 e. The first kappa shape index (κ1) is 27.2. The van der Waals surface area contributed by atoms with Crippen LogP contribution in [0.1, 0.15) is 43.8 Å². The van der Waals surface area contributed by atoms with Gasteiger partial charge >= 0.3 is 0 Å². The fourth-order valence-electron chi connectivity index (χ4n) is 3.63. The molecule has 0 bridgehead atoms. The van der Waals surface area contributed by atoms with Crippen molar-refractivity contribution in [3.05, 3.63) is 47.4 Å². The number of amides is 2. The van der Waals surface area contributed by atoms with E-state index in [9.17, 15) is 9.59 Å². The summed E-state index contributed by atoms with van der Waals surface area (Å²) >= 11 is 0. The third-order valence-corrected chi connectivity index (χ3v) is 5.52. The number of aryl methyl sites for hydroxylation is 1. The van der Waals surface area contributed by atoms with E-state index in [-0.39, 0.29) is 18.4 Å². The average Bonchev–Trinajstić information content (AvgIpc) is 3.27. The maximum atomic E-state index is 13.3. The molecule has 0 aliphatic carbocycles. The number of benzene rings is 1. The smallest absolute Gasteiger partial charge is 0.242 e. The molecule has 1 heterocycles. The first-order valence-electron chi connectivity index (χ1n) is 11.8. The molecule has 1 aromatic heterocycles. The van der Waals surface area contributed by atoms with Gasteiger partial charge in [-0.25, -0.2) is 0 Å². The Labute approximate surface area is 202 Å².